The van der Waals surface area contributed by atoms with Gasteiger partial charge in [-0.2, -0.15) is 0 Å². The number of hydrogen-bond acceptors (Lipinski definition) is 1. The van der Waals surface area contributed by atoms with Crippen LogP contribution in [0.15, 0.2) is 36.4 Å². The van der Waals surface area contributed by atoms with Gasteiger partial charge in [-0.05, 0) is 87.3 Å². The molecule has 0 amide bonds. The van der Waals surface area contributed by atoms with Gasteiger partial charge < -0.3 is 5.11 Å². The maximum absolute atomic E-state index is 11.4. The monoisotopic (exact) mass is 374 g/mol. The number of carbonyl (C=O) groups is 1. The normalized spacial score (nSPS) is 30.9. The molecule has 0 bridgehead atoms. The molecule has 2 aromatic carbocycles. The first-order valence-corrected chi connectivity index (χ1v) is 10.6. The van der Waals surface area contributed by atoms with Crippen molar-refractivity contribution in [2.45, 2.75) is 76.5 Å². The van der Waals surface area contributed by atoms with Crippen LogP contribution < -0.4 is 0 Å². The smallest absolute Gasteiger partial charge is 0.335 e. The van der Waals surface area contributed by atoms with Gasteiger partial charge >= 0.3 is 5.97 Å². The molecule has 3 atom stereocenters. The maximum atomic E-state index is 11.4. The highest BCUT2D eigenvalue weighted by atomic mass is 16.4. The summed E-state index contributed by atoms with van der Waals surface area (Å²) in [5.74, 6) is 0.252. The molecule has 3 aliphatic rings. The van der Waals surface area contributed by atoms with E-state index < -0.39 is 5.97 Å². The fourth-order valence-corrected chi connectivity index (χ4v) is 6.49. The molecule has 0 radical (unpaired) electrons. The van der Waals surface area contributed by atoms with Crippen LogP contribution in [0, 0.1) is 5.41 Å². The standard InChI is InChI=1S/C26H30O2/c1-24(2)11-12-25(3,4)20-18(7-6-8-19(20)24)22-21-17-10-9-15(23(27)28)13-16(17)14-26(21,22)5/h6-10,13,21-22H,11-12,14H2,1-5H3,(H,27,28). The third kappa shape index (κ3) is 2.24. The molecule has 5 rings (SSSR count). The Morgan fingerprint density at radius 2 is 1.61 bits per heavy atom. The van der Waals surface area contributed by atoms with Gasteiger partial charge in [0.15, 0.2) is 0 Å². The van der Waals surface area contributed by atoms with Crippen LogP contribution in [0.25, 0.3) is 0 Å². The van der Waals surface area contributed by atoms with Crippen LogP contribution in [0.5, 0.6) is 0 Å². The van der Waals surface area contributed by atoms with Gasteiger partial charge in [0.25, 0.3) is 0 Å². The Labute approximate surface area is 168 Å². The Balaban J connectivity index is 1.61. The summed E-state index contributed by atoms with van der Waals surface area (Å²) in [5.41, 5.74) is 8.40. The Kier molecular flexibility index (Phi) is 3.39. The molecule has 0 spiro atoms. The molecule has 2 aromatic rings. The zero-order valence-electron chi connectivity index (χ0n) is 17.6. The van der Waals surface area contributed by atoms with E-state index in [-0.39, 0.29) is 16.2 Å². The fraction of sp³-hybridized carbons (Fsp3) is 0.500. The van der Waals surface area contributed by atoms with Crippen molar-refractivity contribution in [1.29, 1.82) is 0 Å². The molecular weight excluding hydrogens is 344 g/mol. The van der Waals surface area contributed by atoms with Gasteiger partial charge in [-0.3, -0.25) is 0 Å². The van der Waals surface area contributed by atoms with Crippen molar-refractivity contribution in [3.63, 3.8) is 0 Å². The van der Waals surface area contributed by atoms with Gasteiger partial charge in [-0.25, -0.2) is 4.79 Å². The third-order valence-corrected chi connectivity index (χ3v) is 8.15. The predicted molar refractivity (Wildman–Crippen MR) is 112 cm³/mol. The summed E-state index contributed by atoms with van der Waals surface area (Å²) in [7, 11) is 0. The molecule has 28 heavy (non-hydrogen) atoms. The van der Waals surface area contributed by atoms with Gasteiger partial charge in [0, 0.05) is 0 Å². The van der Waals surface area contributed by atoms with Gasteiger partial charge in [0.05, 0.1) is 5.56 Å². The Morgan fingerprint density at radius 3 is 2.32 bits per heavy atom. The minimum absolute atomic E-state index is 0.213. The molecule has 146 valence electrons. The van der Waals surface area contributed by atoms with E-state index in [4.69, 9.17) is 0 Å². The first-order valence-electron chi connectivity index (χ1n) is 10.6. The van der Waals surface area contributed by atoms with E-state index in [1.54, 1.807) is 17.2 Å². The van der Waals surface area contributed by atoms with Crippen molar-refractivity contribution >= 4 is 5.97 Å². The summed E-state index contributed by atoms with van der Waals surface area (Å²) in [5, 5.41) is 9.33. The number of fused-ring (bicyclic) bond motifs is 4. The average Bonchev–Trinajstić information content (AvgIpc) is 3.11. The number of aromatic carboxylic acids is 1. The minimum atomic E-state index is -0.828. The number of rotatable bonds is 2. The topological polar surface area (TPSA) is 37.3 Å². The van der Waals surface area contributed by atoms with E-state index in [9.17, 15) is 9.90 Å². The summed E-state index contributed by atoms with van der Waals surface area (Å²) in [6.07, 6.45) is 3.46. The Hall–Kier alpha value is -2.09. The third-order valence-electron chi connectivity index (χ3n) is 8.15. The van der Waals surface area contributed by atoms with E-state index >= 15 is 0 Å². The van der Waals surface area contributed by atoms with Crippen LogP contribution in [-0.2, 0) is 17.3 Å². The second kappa shape index (κ2) is 5.28. The summed E-state index contributed by atoms with van der Waals surface area (Å²) in [6, 6.07) is 12.8. The van der Waals surface area contributed by atoms with Crippen LogP contribution in [0.1, 0.15) is 97.5 Å². The zero-order chi connectivity index (χ0) is 20.1. The lowest BCUT2D eigenvalue weighted by Crippen LogP contribution is -2.35. The van der Waals surface area contributed by atoms with Crippen LogP contribution in [-0.4, -0.2) is 11.1 Å². The second-order valence-electron chi connectivity index (χ2n) is 10.9. The highest BCUT2D eigenvalue weighted by Crippen LogP contribution is 2.76. The second-order valence-corrected chi connectivity index (χ2v) is 10.9. The van der Waals surface area contributed by atoms with Crippen LogP contribution in [0.4, 0.5) is 0 Å². The van der Waals surface area contributed by atoms with Crippen molar-refractivity contribution in [1.82, 2.24) is 0 Å². The molecule has 1 N–H and O–H groups in total. The highest BCUT2D eigenvalue weighted by molar-refractivity contribution is 5.88. The lowest BCUT2D eigenvalue weighted by atomic mass is 9.61. The lowest BCUT2D eigenvalue weighted by molar-refractivity contribution is 0.0696. The largest absolute Gasteiger partial charge is 0.478 e. The quantitative estimate of drug-likeness (QED) is 0.682. The highest BCUT2D eigenvalue weighted by Gasteiger charge is 2.66. The summed E-state index contributed by atoms with van der Waals surface area (Å²) in [6.45, 7) is 12.0. The van der Waals surface area contributed by atoms with Crippen LogP contribution >= 0.6 is 0 Å². The van der Waals surface area contributed by atoms with Crippen LogP contribution in [0.3, 0.4) is 0 Å². The Morgan fingerprint density at radius 1 is 0.929 bits per heavy atom. The van der Waals surface area contributed by atoms with Crippen molar-refractivity contribution in [3.05, 3.63) is 69.8 Å². The zero-order valence-corrected chi connectivity index (χ0v) is 17.6. The van der Waals surface area contributed by atoms with E-state index in [0.717, 1.165) is 6.42 Å². The molecule has 0 aliphatic heterocycles. The molecule has 1 saturated carbocycles. The van der Waals surface area contributed by atoms with E-state index in [1.165, 1.54) is 29.5 Å². The van der Waals surface area contributed by atoms with Gasteiger partial charge in [-0.1, -0.05) is 58.9 Å². The van der Waals surface area contributed by atoms with Gasteiger partial charge in [0.1, 0.15) is 0 Å². The van der Waals surface area contributed by atoms with Crippen molar-refractivity contribution < 1.29 is 9.90 Å². The molecule has 0 saturated heterocycles. The SMILES string of the molecule is CC1(C)CCC(C)(C)c2c(C3C4c5ccc(C(=O)O)cc5CC43C)cccc21. The number of carboxylic acid groups (broad SMARTS) is 1. The van der Waals surface area contributed by atoms with Crippen molar-refractivity contribution in [3.8, 4) is 0 Å². The number of hydrogen-bond donors (Lipinski definition) is 1. The van der Waals surface area contributed by atoms with Crippen LogP contribution in [0.2, 0.25) is 0 Å². The Bertz CT molecular complexity index is 1010. The molecule has 1 fully saturated rings. The molecule has 0 heterocycles. The summed E-state index contributed by atoms with van der Waals surface area (Å²) < 4.78 is 0. The molecule has 2 nitrogen and oxygen atoms in total. The maximum Gasteiger partial charge on any atom is 0.335 e. The predicted octanol–water partition coefficient (Wildman–Crippen LogP) is 6.18. The van der Waals surface area contributed by atoms with Gasteiger partial charge in [-0.15, -0.1) is 0 Å². The molecular formula is C26H30O2. The number of carboxylic acids is 1. The first kappa shape index (κ1) is 18.0. The summed E-state index contributed by atoms with van der Waals surface area (Å²) >= 11 is 0. The molecule has 0 aromatic heterocycles. The van der Waals surface area contributed by atoms with E-state index in [2.05, 4.69) is 58.9 Å². The van der Waals surface area contributed by atoms with Crippen molar-refractivity contribution in [2.75, 3.05) is 0 Å². The molecule has 2 heteroatoms. The van der Waals surface area contributed by atoms with E-state index in [0.29, 0.717) is 17.4 Å². The fourth-order valence-electron chi connectivity index (χ4n) is 6.49. The summed E-state index contributed by atoms with van der Waals surface area (Å²) in [4.78, 5) is 11.4. The number of benzene rings is 2. The van der Waals surface area contributed by atoms with E-state index in [1.807, 2.05) is 6.07 Å². The lowest BCUT2D eigenvalue weighted by Gasteiger charge is -2.43. The minimum Gasteiger partial charge on any atom is -0.478 e. The average molecular weight is 375 g/mol. The first-order chi connectivity index (χ1) is 13.1. The molecule has 3 aliphatic carbocycles. The molecule has 3 unspecified atom stereocenters. The van der Waals surface area contributed by atoms with Crippen molar-refractivity contribution in [2.24, 2.45) is 5.41 Å². The van der Waals surface area contributed by atoms with Gasteiger partial charge in [0.2, 0.25) is 0 Å².